The molecule has 2 heterocycles. The van der Waals surface area contributed by atoms with Crippen molar-refractivity contribution in [3.63, 3.8) is 0 Å². The highest BCUT2D eigenvalue weighted by atomic mass is 19.1. The minimum atomic E-state index is -0.543. The predicted molar refractivity (Wildman–Crippen MR) is 101 cm³/mol. The van der Waals surface area contributed by atoms with Gasteiger partial charge >= 0.3 is 5.97 Å². The first-order valence-electron chi connectivity index (χ1n) is 9.04. The van der Waals surface area contributed by atoms with Gasteiger partial charge in [0.2, 0.25) is 0 Å². The lowest BCUT2D eigenvalue weighted by atomic mass is 9.95. The summed E-state index contributed by atoms with van der Waals surface area (Å²) in [5.74, 6) is -1.06. The Hall–Kier alpha value is -3.40. The number of nitrogens with zero attached hydrogens (tertiary/aromatic N) is 3. The summed E-state index contributed by atoms with van der Waals surface area (Å²) in [5.41, 5.74) is 1.96. The minimum Gasteiger partial charge on any atom is -0.466 e. The lowest BCUT2D eigenvalue weighted by Crippen LogP contribution is -2.51. The third-order valence-electron chi connectivity index (χ3n) is 4.97. The molecular formula is C21H18FN3O3. The molecule has 0 radical (unpaired) electrons. The Balaban J connectivity index is 1.75. The van der Waals surface area contributed by atoms with Crippen LogP contribution in [0.3, 0.4) is 0 Å². The number of oxazole rings is 1. The molecule has 0 spiro atoms. The maximum atomic E-state index is 15.3. The third-order valence-corrected chi connectivity index (χ3v) is 4.97. The van der Waals surface area contributed by atoms with E-state index in [-0.39, 0.29) is 34.6 Å². The van der Waals surface area contributed by atoms with E-state index in [0.29, 0.717) is 36.4 Å². The van der Waals surface area contributed by atoms with Crippen molar-refractivity contribution in [1.82, 2.24) is 4.98 Å². The Labute approximate surface area is 161 Å². The summed E-state index contributed by atoms with van der Waals surface area (Å²) < 4.78 is 26.0. The van der Waals surface area contributed by atoms with E-state index in [2.05, 4.69) is 11.1 Å². The van der Waals surface area contributed by atoms with Crippen molar-refractivity contribution < 1.29 is 18.3 Å². The molecule has 7 heteroatoms. The van der Waals surface area contributed by atoms with E-state index >= 15 is 4.39 Å². The van der Waals surface area contributed by atoms with E-state index in [1.54, 1.807) is 30.9 Å². The standard InChI is InChI=1S/C21H18FN3O3/c1-3-27-20(26)14-10-25(11-14)21-24-18-15(9-23)12(2)16(17(22)19(18)28-21)13-7-5-4-6-8-13/h4-8,14H,3,10-11H2,1-2H3. The molecule has 1 saturated heterocycles. The molecule has 0 atom stereocenters. The largest absolute Gasteiger partial charge is 0.466 e. The first-order chi connectivity index (χ1) is 13.5. The number of hydrogen-bond acceptors (Lipinski definition) is 6. The molecule has 1 aliphatic rings. The zero-order valence-electron chi connectivity index (χ0n) is 15.5. The summed E-state index contributed by atoms with van der Waals surface area (Å²) >= 11 is 0. The van der Waals surface area contributed by atoms with Crippen molar-refractivity contribution in [2.24, 2.45) is 5.92 Å². The van der Waals surface area contributed by atoms with Crippen molar-refractivity contribution >= 4 is 23.1 Å². The Morgan fingerprint density at radius 3 is 2.75 bits per heavy atom. The van der Waals surface area contributed by atoms with Crippen LogP contribution in [0.1, 0.15) is 18.1 Å². The number of hydrogen-bond donors (Lipinski definition) is 0. The number of fused-ring (bicyclic) bond motifs is 1. The molecule has 6 nitrogen and oxygen atoms in total. The number of ether oxygens (including phenoxy) is 1. The molecular weight excluding hydrogens is 361 g/mol. The quantitative estimate of drug-likeness (QED) is 0.642. The second-order valence-corrected chi connectivity index (χ2v) is 6.69. The normalized spacial score (nSPS) is 14.0. The minimum absolute atomic E-state index is 0.0458. The number of anilines is 1. The molecule has 0 bridgehead atoms. The third kappa shape index (κ3) is 2.78. The summed E-state index contributed by atoms with van der Waals surface area (Å²) in [7, 11) is 0. The molecule has 0 aliphatic carbocycles. The number of rotatable bonds is 4. The SMILES string of the molecule is CCOC(=O)C1CN(c2nc3c(C#N)c(C)c(-c4ccccc4)c(F)c3o2)C1. The van der Waals surface area contributed by atoms with Crippen LogP contribution in [0.25, 0.3) is 22.2 Å². The van der Waals surface area contributed by atoms with Gasteiger partial charge < -0.3 is 14.1 Å². The lowest BCUT2D eigenvalue weighted by molar-refractivity contribution is -0.148. The number of carbonyl (C=O) groups is 1. The van der Waals surface area contributed by atoms with Crippen LogP contribution >= 0.6 is 0 Å². The van der Waals surface area contributed by atoms with Crippen LogP contribution < -0.4 is 4.90 Å². The fourth-order valence-electron chi connectivity index (χ4n) is 3.47. The van der Waals surface area contributed by atoms with Gasteiger partial charge in [-0.25, -0.2) is 4.39 Å². The fourth-order valence-corrected chi connectivity index (χ4v) is 3.47. The molecule has 1 aliphatic heterocycles. The Kier molecular flexibility index (Phi) is 4.47. The van der Waals surface area contributed by atoms with Gasteiger partial charge in [-0.05, 0) is 25.0 Å². The van der Waals surface area contributed by atoms with E-state index in [1.807, 2.05) is 18.2 Å². The number of carbonyl (C=O) groups excluding carboxylic acids is 1. The van der Waals surface area contributed by atoms with Crippen molar-refractivity contribution in [1.29, 1.82) is 5.26 Å². The molecule has 3 aromatic rings. The van der Waals surface area contributed by atoms with Gasteiger partial charge in [0.05, 0.1) is 18.1 Å². The number of esters is 1. The van der Waals surface area contributed by atoms with Gasteiger partial charge in [-0.1, -0.05) is 30.3 Å². The molecule has 1 aromatic heterocycles. The molecule has 4 rings (SSSR count). The average molecular weight is 379 g/mol. The number of benzene rings is 2. The van der Waals surface area contributed by atoms with E-state index in [0.717, 1.165) is 0 Å². The summed E-state index contributed by atoms with van der Waals surface area (Å²) in [4.78, 5) is 17.9. The maximum absolute atomic E-state index is 15.3. The Morgan fingerprint density at radius 1 is 1.39 bits per heavy atom. The van der Waals surface area contributed by atoms with E-state index in [9.17, 15) is 10.1 Å². The second-order valence-electron chi connectivity index (χ2n) is 6.69. The van der Waals surface area contributed by atoms with Crippen LogP contribution in [-0.4, -0.2) is 30.6 Å². The van der Waals surface area contributed by atoms with Gasteiger partial charge in [-0.3, -0.25) is 4.79 Å². The maximum Gasteiger partial charge on any atom is 0.312 e. The highest BCUT2D eigenvalue weighted by Gasteiger charge is 2.37. The van der Waals surface area contributed by atoms with Crippen molar-refractivity contribution in [2.75, 3.05) is 24.6 Å². The molecule has 0 N–H and O–H groups in total. The Bertz CT molecular complexity index is 1100. The average Bonchev–Trinajstić information content (AvgIpc) is 3.07. The summed E-state index contributed by atoms with van der Waals surface area (Å²) in [6.07, 6.45) is 0. The van der Waals surface area contributed by atoms with E-state index < -0.39 is 5.82 Å². The van der Waals surface area contributed by atoms with E-state index in [1.165, 1.54) is 0 Å². The van der Waals surface area contributed by atoms with Crippen LogP contribution in [0.15, 0.2) is 34.7 Å². The summed E-state index contributed by atoms with van der Waals surface area (Å²) in [6.45, 7) is 4.57. The highest BCUT2D eigenvalue weighted by Crippen LogP contribution is 2.38. The zero-order chi connectivity index (χ0) is 19.8. The van der Waals surface area contributed by atoms with Crippen LogP contribution in [-0.2, 0) is 9.53 Å². The van der Waals surface area contributed by atoms with Crippen LogP contribution in [0.5, 0.6) is 0 Å². The summed E-state index contributed by atoms with van der Waals surface area (Å²) in [6, 6.07) is 11.4. The van der Waals surface area contributed by atoms with Gasteiger partial charge in [0.25, 0.3) is 6.01 Å². The zero-order valence-corrected chi connectivity index (χ0v) is 15.5. The monoisotopic (exact) mass is 379 g/mol. The fraction of sp³-hybridized carbons (Fsp3) is 0.286. The van der Waals surface area contributed by atoms with Gasteiger partial charge in [0, 0.05) is 18.7 Å². The predicted octanol–water partition coefficient (Wildman–Crippen LogP) is 3.81. The number of nitriles is 1. The molecule has 2 aromatic carbocycles. The van der Waals surface area contributed by atoms with Gasteiger partial charge in [0.15, 0.2) is 11.4 Å². The van der Waals surface area contributed by atoms with Gasteiger partial charge in [-0.15, -0.1) is 0 Å². The lowest BCUT2D eigenvalue weighted by Gasteiger charge is -2.36. The first-order valence-corrected chi connectivity index (χ1v) is 9.04. The number of aromatic nitrogens is 1. The smallest absolute Gasteiger partial charge is 0.312 e. The van der Waals surface area contributed by atoms with Crippen LogP contribution in [0, 0.1) is 30.0 Å². The molecule has 0 saturated carbocycles. The van der Waals surface area contributed by atoms with Crippen molar-refractivity contribution in [3.8, 4) is 17.2 Å². The van der Waals surface area contributed by atoms with Crippen molar-refractivity contribution in [3.05, 3.63) is 47.3 Å². The van der Waals surface area contributed by atoms with E-state index in [4.69, 9.17) is 9.15 Å². The summed E-state index contributed by atoms with van der Waals surface area (Å²) in [5, 5.41) is 9.64. The highest BCUT2D eigenvalue weighted by molar-refractivity contribution is 5.90. The topological polar surface area (TPSA) is 79.4 Å². The molecule has 0 unspecified atom stereocenters. The number of halogens is 1. The van der Waals surface area contributed by atoms with Gasteiger partial charge in [-0.2, -0.15) is 10.2 Å². The Morgan fingerprint density at radius 2 is 2.11 bits per heavy atom. The molecule has 0 amide bonds. The molecule has 1 fully saturated rings. The second kappa shape index (κ2) is 6.97. The molecule has 28 heavy (non-hydrogen) atoms. The van der Waals surface area contributed by atoms with Crippen LogP contribution in [0.2, 0.25) is 0 Å². The van der Waals surface area contributed by atoms with Gasteiger partial charge in [0.1, 0.15) is 11.6 Å². The first kappa shape index (κ1) is 18.0. The van der Waals surface area contributed by atoms with Crippen molar-refractivity contribution in [2.45, 2.75) is 13.8 Å². The molecule has 142 valence electrons. The van der Waals surface area contributed by atoms with Crippen LogP contribution in [0.4, 0.5) is 10.4 Å².